The molecule has 0 spiro atoms. The maximum atomic E-state index is 12.9. The molecule has 1 atom stereocenters. The van der Waals surface area contributed by atoms with Crippen molar-refractivity contribution in [2.75, 3.05) is 24.6 Å². The zero-order chi connectivity index (χ0) is 24.4. The van der Waals surface area contributed by atoms with Crippen LogP contribution in [-0.2, 0) is 27.3 Å². The third-order valence-corrected chi connectivity index (χ3v) is 6.45. The molecule has 10 heteroatoms. The lowest BCUT2D eigenvalue weighted by molar-refractivity contribution is -0.137. The van der Waals surface area contributed by atoms with E-state index < -0.39 is 11.9 Å². The molecule has 3 amide bonds. The number of anilines is 1. The van der Waals surface area contributed by atoms with E-state index in [1.807, 2.05) is 12.1 Å². The van der Waals surface area contributed by atoms with Gasteiger partial charge >= 0.3 is 0 Å². The summed E-state index contributed by atoms with van der Waals surface area (Å²) in [6.07, 6.45) is 1.52. The molecule has 5 rings (SSSR count). The molecule has 1 aromatic heterocycles. The first kappa shape index (κ1) is 23.4. The van der Waals surface area contributed by atoms with Gasteiger partial charge in [0.15, 0.2) is 0 Å². The second kappa shape index (κ2) is 9.60. The van der Waals surface area contributed by atoms with Gasteiger partial charge in [0.1, 0.15) is 11.9 Å². The first-order valence-corrected chi connectivity index (χ1v) is 11.1. The van der Waals surface area contributed by atoms with E-state index in [1.54, 1.807) is 11.0 Å². The number of β-amino-alcohol motifs (C(OH)–C–C–N with tert-alkyl or cyclic N) is 1. The second-order valence-electron chi connectivity index (χ2n) is 8.46. The van der Waals surface area contributed by atoms with Crippen molar-refractivity contribution in [1.29, 1.82) is 0 Å². The van der Waals surface area contributed by atoms with Gasteiger partial charge in [-0.15, -0.1) is 0 Å². The number of nitrogens with one attached hydrogen (secondary N) is 1. The Morgan fingerprint density at radius 1 is 1.21 bits per heavy atom. The van der Waals surface area contributed by atoms with E-state index in [4.69, 9.17) is 14.9 Å². The number of carbonyl (C=O) groups is 4. The van der Waals surface area contributed by atoms with Crippen molar-refractivity contribution < 1.29 is 29.4 Å². The first-order valence-electron chi connectivity index (χ1n) is 11.1. The van der Waals surface area contributed by atoms with Crippen LogP contribution in [0.1, 0.15) is 39.9 Å². The lowest BCUT2D eigenvalue weighted by Crippen LogP contribution is -2.52. The normalized spacial score (nSPS) is 18.8. The van der Waals surface area contributed by atoms with Crippen LogP contribution < -0.4 is 10.2 Å². The zero-order valence-electron chi connectivity index (χ0n) is 18.8. The molecule has 0 saturated carbocycles. The summed E-state index contributed by atoms with van der Waals surface area (Å²) in [5.41, 5.74) is 5.58. The fourth-order valence-corrected chi connectivity index (χ4v) is 4.83. The van der Waals surface area contributed by atoms with E-state index in [0.717, 1.165) is 35.6 Å². The van der Waals surface area contributed by atoms with Crippen LogP contribution in [0.5, 0.6) is 0 Å². The summed E-state index contributed by atoms with van der Waals surface area (Å²) >= 11 is 0. The molecular weight excluding hydrogens is 440 g/mol. The van der Waals surface area contributed by atoms with Crippen molar-refractivity contribution in [2.45, 2.75) is 38.8 Å². The van der Waals surface area contributed by atoms with Gasteiger partial charge in [-0.3, -0.25) is 24.5 Å². The molecule has 4 heterocycles. The number of amides is 3. The number of aliphatic hydroxyl groups is 1. The maximum Gasteiger partial charge on any atom is 0.290 e. The van der Waals surface area contributed by atoms with E-state index in [0.29, 0.717) is 25.1 Å². The predicted molar refractivity (Wildman–Crippen MR) is 122 cm³/mol. The van der Waals surface area contributed by atoms with Crippen molar-refractivity contribution >= 4 is 30.0 Å². The van der Waals surface area contributed by atoms with Crippen LogP contribution in [0.4, 0.5) is 5.82 Å². The summed E-state index contributed by atoms with van der Waals surface area (Å²) in [7, 11) is 0. The number of carboxylic acid groups (broad SMARTS) is 1. The Labute approximate surface area is 196 Å². The standard InChI is InChI=1S/C23H24N4O4.CH2O2/c1-13-10-18(24-21-16(13)6-7-26(21)8-9-28)14-2-3-17-15(11-14)12-27(23(17)31)19-4-5-20(29)25-22(19)30;2-1-3/h2-3,10-11,19,28H,4-9,12H2,1H3,(H,25,29,30);1H,(H,2,3). The molecule has 1 aromatic carbocycles. The Morgan fingerprint density at radius 2 is 1.97 bits per heavy atom. The SMILES string of the molecule is Cc1cc(-c2ccc3c(c2)CN(C2CCC(=O)NC2=O)C3=O)nc2c1CCN2CCO.O=CO. The van der Waals surface area contributed by atoms with E-state index in [9.17, 15) is 19.5 Å². The number of imide groups is 1. The summed E-state index contributed by atoms with van der Waals surface area (Å²) < 4.78 is 0. The van der Waals surface area contributed by atoms with Crippen LogP contribution in [-0.4, -0.2) is 70.0 Å². The lowest BCUT2D eigenvalue weighted by Gasteiger charge is -2.29. The number of carbonyl (C=O) groups excluding carboxylic acids is 3. The minimum atomic E-state index is -0.617. The van der Waals surface area contributed by atoms with Gasteiger partial charge in [-0.2, -0.15) is 0 Å². The van der Waals surface area contributed by atoms with Gasteiger partial charge in [0.25, 0.3) is 12.4 Å². The minimum absolute atomic E-state index is 0.0848. The monoisotopic (exact) mass is 466 g/mol. The highest BCUT2D eigenvalue weighted by Gasteiger charge is 2.39. The molecule has 3 aliphatic rings. The predicted octanol–water partition coefficient (Wildman–Crippen LogP) is 0.874. The Hall–Kier alpha value is -3.79. The number of aryl methyl sites for hydroxylation is 1. The summed E-state index contributed by atoms with van der Waals surface area (Å²) in [4.78, 5) is 53.5. The van der Waals surface area contributed by atoms with Crippen molar-refractivity contribution in [3.63, 3.8) is 0 Å². The van der Waals surface area contributed by atoms with Gasteiger partial charge in [-0.05, 0) is 54.7 Å². The molecule has 0 bridgehead atoms. The molecule has 1 fully saturated rings. The third-order valence-electron chi connectivity index (χ3n) is 6.45. The van der Waals surface area contributed by atoms with E-state index in [-0.39, 0.29) is 31.3 Å². The van der Waals surface area contributed by atoms with E-state index in [1.165, 1.54) is 11.1 Å². The molecule has 3 N–H and O–H groups in total. The van der Waals surface area contributed by atoms with Crippen LogP contribution in [0.3, 0.4) is 0 Å². The Bertz CT molecular complexity index is 1160. The number of hydrogen-bond acceptors (Lipinski definition) is 7. The fourth-order valence-electron chi connectivity index (χ4n) is 4.83. The van der Waals surface area contributed by atoms with Gasteiger partial charge in [0.05, 0.1) is 12.3 Å². The Kier molecular flexibility index (Phi) is 6.60. The smallest absolute Gasteiger partial charge is 0.290 e. The quantitative estimate of drug-likeness (QED) is 0.446. The highest BCUT2D eigenvalue weighted by atomic mass is 16.3. The number of pyridine rings is 1. The molecule has 2 aromatic rings. The number of nitrogens with zero attached hydrogens (tertiary/aromatic N) is 3. The molecule has 34 heavy (non-hydrogen) atoms. The molecule has 1 unspecified atom stereocenters. The first-order chi connectivity index (χ1) is 16.4. The van der Waals surface area contributed by atoms with Gasteiger partial charge in [-0.25, -0.2) is 4.98 Å². The lowest BCUT2D eigenvalue weighted by atomic mass is 10.0. The Balaban J connectivity index is 0.000000868. The number of piperidine rings is 1. The average Bonchev–Trinajstić information content (AvgIpc) is 3.36. The van der Waals surface area contributed by atoms with Gasteiger partial charge < -0.3 is 20.0 Å². The van der Waals surface area contributed by atoms with Crippen molar-refractivity contribution in [3.05, 3.63) is 46.5 Å². The van der Waals surface area contributed by atoms with E-state index >= 15 is 0 Å². The van der Waals surface area contributed by atoms with Crippen LogP contribution in [0.2, 0.25) is 0 Å². The summed E-state index contributed by atoms with van der Waals surface area (Å²) in [6, 6.07) is 7.11. The molecule has 178 valence electrons. The van der Waals surface area contributed by atoms with Crippen molar-refractivity contribution in [2.24, 2.45) is 0 Å². The van der Waals surface area contributed by atoms with Gasteiger partial charge in [0.2, 0.25) is 11.8 Å². The number of fused-ring (bicyclic) bond motifs is 2. The van der Waals surface area contributed by atoms with Crippen molar-refractivity contribution in [3.8, 4) is 11.3 Å². The molecule has 3 aliphatic heterocycles. The van der Waals surface area contributed by atoms with Crippen LogP contribution >= 0.6 is 0 Å². The molecule has 10 nitrogen and oxygen atoms in total. The third kappa shape index (κ3) is 4.24. The summed E-state index contributed by atoms with van der Waals surface area (Å²) in [5, 5.41) is 18.6. The van der Waals surface area contributed by atoms with Gasteiger partial charge in [-0.1, -0.05) is 6.07 Å². The van der Waals surface area contributed by atoms with Crippen LogP contribution in [0.15, 0.2) is 24.3 Å². The summed E-state index contributed by atoms with van der Waals surface area (Å²) in [5.74, 6) is 0.0487. The molecule has 0 aliphatic carbocycles. The number of hydrogen-bond donors (Lipinski definition) is 3. The summed E-state index contributed by atoms with van der Waals surface area (Å²) in [6.45, 7) is 3.67. The molecular formula is C24H26N4O6. The largest absolute Gasteiger partial charge is 0.483 e. The highest BCUT2D eigenvalue weighted by Crippen LogP contribution is 2.34. The number of benzene rings is 1. The maximum absolute atomic E-state index is 12.9. The van der Waals surface area contributed by atoms with Gasteiger partial charge in [0, 0.05) is 37.2 Å². The fraction of sp³-hybridized carbons (Fsp3) is 0.375. The average molecular weight is 466 g/mol. The zero-order valence-corrected chi connectivity index (χ0v) is 18.8. The number of aromatic nitrogens is 1. The highest BCUT2D eigenvalue weighted by molar-refractivity contribution is 6.05. The van der Waals surface area contributed by atoms with Crippen LogP contribution in [0, 0.1) is 6.92 Å². The molecule has 1 saturated heterocycles. The Morgan fingerprint density at radius 3 is 2.68 bits per heavy atom. The number of rotatable bonds is 4. The number of aliphatic hydroxyl groups excluding tert-OH is 1. The minimum Gasteiger partial charge on any atom is -0.483 e. The topological polar surface area (TPSA) is 140 Å². The molecule has 0 radical (unpaired) electrons. The second-order valence-corrected chi connectivity index (χ2v) is 8.46. The van der Waals surface area contributed by atoms with Crippen molar-refractivity contribution in [1.82, 2.24) is 15.2 Å². The van der Waals surface area contributed by atoms with E-state index in [2.05, 4.69) is 23.2 Å². The van der Waals surface area contributed by atoms with Crippen LogP contribution in [0.25, 0.3) is 11.3 Å².